The van der Waals surface area contributed by atoms with E-state index >= 15 is 0 Å². The van der Waals surface area contributed by atoms with Gasteiger partial charge in [-0.1, -0.05) is 37.5 Å². The molecular formula is C13H23NOS. The average molecular weight is 241 g/mol. The molecule has 0 aromatic heterocycles. The molecule has 16 heavy (non-hydrogen) atoms. The van der Waals surface area contributed by atoms with E-state index in [1.54, 1.807) is 0 Å². The first-order chi connectivity index (χ1) is 7.83. The Kier molecular flexibility index (Phi) is 7.64. The molecule has 1 aliphatic rings. The van der Waals surface area contributed by atoms with Crippen LogP contribution in [0.15, 0.2) is 23.1 Å². The first-order valence-corrected chi connectivity index (χ1v) is 7.21. The summed E-state index contributed by atoms with van der Waals surface area (Å²) in [5, 5.41) is 9.27. The van der Waals surface area contributed by atoms with E-state index in [1.807, 2.05) is 23.9 Å². The van der Waals surface area contributed by atoms with Gasteiger partial charge in [0, 0.05) is 4.91 Å². The zero-order valence-corrected chi connectivity index (χ0v) is 10.7. The van der Waals surface area contributed by atoms with Crippen LogP contribution in [0.5, 0.6) is 0 Å². The second kappa shape index (κ2) is 8.85. The zero-order chi connectivity index (χ0) is 11.6. The summed E-state index contributed by atoms with van der Waals surface area (Å²) in [6.07, 6.45) is 12.9. The van der Waals surface area contributed by atoms with Crippen LogP contribution in [0.4, 0.5) is 0 Å². The van der Waals surface area contributed by atoms with Gasteiger partial charge in [-0.2, -0.15) is 0 Å². The number of unbranched alkanes of at least 4 members (excludes halogenated alkanes) is 4. The maximum absolute atomic E-state index is 9.27. The molecule has 0 heterocycles. The first-order valence-electron chi connectivity index (χ1n) is 6.22. The van der Waals surface area contributed by atoms with Crippen LogP contribution in [0.2, 0.25) is 0 Å². The summed E-state index contributed by atoms with van der Waals surface area (Å²) < 4.78 is 0. The summed E-state index contributed by atoms with van der Waals surface area (Å²) in [5.74, 6) is 1.19. The third-order valence-electron chi connectivity index (χ3n) is 2.66. The first kappa shape index (κ1) is 13.8. The Balaban J connectivity index is 1.94. The van der Waals surface area contributed by atoms with Crippen molar-refractivity contribution in [3.05, 3.63) is 23.1 Å². The van der Waals surface area contributed by atoms with Gasteiger partial charge in [0.2, 0.25) is 0 Å². The minimum absolute atomic E-state index is 0.263. The Morgan fingerprint density at radius 3 is 2.69 bits per heavy atom. The molecule has 1 atom stereocenters. The van der Waals surface area contributed by atoms with Crippen molar-refractivity contribution in [2.45, 2.75) is 44.6 Å². The molecule has 0 aliphatic heterocycles. The lowest BCUT2D eigenvalue weighted by Gasteiger charge is -2.10. The van der Waals surface area contributed by atoms with Crippen LogP contribution in [-0.4, -0.2) is 23.5 Å². The molecule has 1 aliphatic carbocycles. The van der Waals surface area contributed by atoms with E-state index in [0.29, 0.717) is 0 Å². The van der Waals surface area contributed by atoms with Gasteiger partial charge in [-0.25, -0.2) is 0 Å². The van der Waals surface area contributed by atoms with Crippen molar-refractivity contribution in [1.29, 1.82) is 0 Å². The van der Waals surface area contributed by atoms with Crippen LogP contribution in [0.1, 0.15) is 38.5 Å². The quantitative estimate of drug-likeness (QED) is 0.642. The SMILES string of the molecule is NCCCCCCCSC1=CCC(O)C=C1. The van der Waals surface area contributed by atoms with Crippen molar-refractivity contribution in [3.8, 4) is 0 Å². The van der Waals surface area contributed by atoms with Crippen LogP contribution >= 0.6 is 11.8 Å². The Labute approximate surface area is 103 Å². The van der Waals surface area contributed by atoms with Gasteiger partial charge >= 0.3 is 0 Å². The fourth-order valence-electron chi connectivity index (χ4n) is 1.66. The number of aliphatic hydroxyl groups excluding tert-OH is 1. The van der Waals surface area contributed by atoms with E-state index in [1.165, 1.54) is 42.8 Å². The second-order valence-corrected chi connectivity index (χ2v) is 5.34. The molecule has 0 aromatic carbocycles. The van der Waals surface area contributed by atoms with Gasteiger partial charge in [-0.3, -0.25) is 0 Å². The summed E-state index contributed by atoms with van der Waals surface area (Å²) in [4.78, 5) is 1.31. The zero-order valence-electron chi connectivity index (χ0n) is 9.90. The number of rotatable bonds is 8. The van der Waals surface area contributed by atoms with E-state index < -0.39 is 0 Å². The molecule has 92 valence electrons. The van der Waals surface area contributed by atoms with Crippen LogP contribution in [-0.2, 0) is 0 Å². The summed E-state index contributed by atoms with van der Waals surface area (Å²) in [7, 11) is 0. The summed E-state index contributed by atoms with van der Waals surface area (Å²) in [5.41, 5.74) is 5.44. The molecule has 0 saturated carbocycles. The lowest BCUT2D eigenvalue weighted by atomic mass is 10.1. The highest BCUT2D eigenvalue weighted by Gasteiger charge is 2.04. The second-order valence-electron chi connectivity index (χ2n) is 4.17. The van der Waals surface area contributed by atoms with Gasteiger partial charge in [0.25, 0.3) is 0 Å². The van der Waals surface area contributed by atoms with E-state index in [4.69, 9.17) is 5.73 Å². The fourth-order valence-corrected chi connectivity index (χ4v) is 2.64. The molecule has 0 aromatic rings. The highest BCUT2D eigenvalue weighted by molar-refractivity contribution is 8.03. The topological polar surface area (TPSA) is 46.2 Å². The van der Waals surface area contributed by atoms with Crippen molar-refractivity contribution in [2.75, 3.05) is 12.3 Å². The Morgan fingerprint density at radius 1 is 1.25 bits per heavy atom. The van der Waals surface area contributed by atoms with Gasteiger partial charge in [0.15, 0.2) is 0 Å². The minimum Gasteiger partial charge on any atom is -0.389 e. The largest absolute Gasteiger partial charge is 0.389 e. The maximum Gasteiger partial charge on any atom is 0.0759 e. The number of nitrogens with two attached hydrogens (primary N) is 1. The van der Waals surface area contributed by atoms with Gasteiger partial charge in [-0.05, 0) is 31.6 Å². The third kappa shape index (κ3) is 6.36. The monoisotopic (exact) mass is 241 g/mol. The van der Waals surface area contributed by atoms with Crippen molar-refractivity contribution in [3.63, 3.8) is 0 Å². The normalized spacial score (nSPS) is 19.9. The molecule has 3 N–H and O–H groups in total. The standard InChI is InChI=1S/C13H23NOS/c14-10-4-2-1-3-5-11-16-13-8-6-12(15)7-9-13/h6,8-9,12,15H,1-5,7,10-11,14H2. The van der Waals surface area contributed by atoms with Crippen LogP contribution < -0.4 is 5.73 Å². The van der Waals surface area contributed by atoms with Crippen LogP contribution in [0.3, 0.4) is 0 Å². The van der Waals surface area contributed by atoms with Crippen molar-refractivity contribution in [2.24, 2.45) is 5.73 Å². The van der Waals surface area contributed by atoms with Crippen LogP contribution in [0, 0.1) is 0 Å². The van der Waals surface area contributed by atoms with E-state index in [2.05, 4.69) is 6.08 Å². The van der Waals surface area contributed by atoms with Crippen molar-refractivity contribution >= 4 is 11.8 Å². The van der Waals surface area contributed by atoms with Crippen molar-refractivity contribution < 1.29 is 5.11 Å². The molecule has 0 spiro atoms. The molecule has 0 bridgehead atoms. The number of hydrogen-bond acceptors (Lipinski definition) is 3. The summed E-state index contributed by atoms with van der Waals surface area (Å²) in [6, 6.07) is 0. The van der Waals surface area contributed by atoms with Crippen LogP contribution in [0.25, 0.3) is 0 Å². The third-order valence-corrected chi connectivity index (χ3v) is 3.79. The maximum atomic E-state index is 9.27. The molecule has 0 amide bonds. The van der Waals surface area contributed by atoms with Gasteiger partial charge in [0.1, 0.15) is 0 Å². The number of aliphatic hydroxyl groups is 1. The molecule has 1 rings (SSSR count). The van der Waals surface area contributed by atoms with Crippen molar-refractivity contribution in [1.82, 2.24) is 0 Å². The molecule has 0 radical (unpaired) electrons. The molecule has 3 heteroatoms. The minimum atomic E-state index is -0.263. The average Bonchev–Trinajstić information content (AvgIpc) is 2.30. The fraction of sp³-hybridized carbons (Fsp3) is 0.692. The predicted octanol–water partition coefficient (Wildman–Crippen LogP) is 2.83. The summed E-state index contributed by atoms with van der Waals surface area (Å²) >= 11 is 1.90. The number of hydrogen-bond donors (Lipinski definition) is 2. The number of allylic oxidation sites excluding steroid dienone is 1. The molecular weight excluding hydrogens is 218 g/mol. The summed E-state index contributed by atoms with van der Waals surface area (Å²) in [6.45, 7) is 0.828. The molecule has 2 nitrogen and oxygen atoms in total. The van der Waals surface area contributed by atoms with E-state index in [-0.39, 0.29) is 6.10 Å². The highest BCUT2D eigenvalue weighted by atomic mass is 32.2. The van der Waals surface area contributed by atoms with E-state index in [0.717, 1.165) is 13.0 Å². The van der Waals surface area contributed by atoms with E-state index in [9.17, 15) is 5.11 Å². The molecule has 0 saturated heterocycles. The van der Waals surface area contributed by atoms with Gasteiger partial charge in [-0.15, -0.1) is 11.8 Å². The van der Waals surface area contributed by atoms with Gasteiger partial charge in [0.05, 0.1) is 6.10 Å². The smallest absolute Gasteiger partial charge is 0.0759 e. The molecule has 1 unspecified atom stereocenters. The molecule has 0 fully saturated rings. The highest BCUT2D eigenvalue weighted by Crippen LogP contribution is 2.23. The predicted molar refractivity (Wildman–Crippen MR) is 72.4 cm³/mol. The Morgan fingerprint density at radius 2 is 2.00 bits per heavy atom. The Hall–Kier alpha value is -0.250. The Bertz CT molecular complexity index is 238. The lowest BCUT2D eigenvalue weighted by Crippen LogP contribution is -2.03. The lowest BCUT2D eigenvalue weighted by molar-refractivity contribution is 0.225. The number of thioether (sulfide) groups is 1. The van der Waals surface area contributed by atoms with Gasteiger partial charge < -0.3 is 10.8 Å².